The predicted molar refractivity (Wildman–Crippen MR) is 195 cm³/mol. The second kappa shape index (κ2) is 16.6. The number of non-ortho nitro benzene ring substituents is 1. The second-order valence-corrected chi connectivity index (χ2v) is 12.6. The van der Waals surface area contributed by atoms with Crippen molar-refractivity contribution in [3.63, 3.8) is 0 Å². The van der Waals surface area contributed by atoms with E-state index < -0.39 is 22.7 Å². The molecular weight excluding hydrogens is 670 g/mol. The number of hydrogen-bond acceptors (Lipinski definition) is 8. The van der Waals surface area contributed by atoms with E-state index >= 15 is 0 Å². The average Bonchev–Trinajstić information content (AvgIpc) is 3.18. The maximum atomic E-state index is 14.2. The number of nitrogens with zero attached hydrogens (tertiary/aromatic N) is 3. The third-order valence-corrected chi connectivity index (χ3v) is 9.78. The van der Waals surface area contributed by atoms with E-state index in [1.165, 1.54) is 41.6 Å². The van der Waals surface area contributed by atoms with Gasteiger partial charge in [0.15, 0.2) is 0 Å². The number of amides is 2. The summed E-state index contributed by atoms with van der Waals surface area (Å²) in [5, 5.41) is 35.9. The van der Waals surface area contributed by atoms with Crippen LogP contribution in [0.15, 0.2) is 133 Å². The Bertz CT molecular complexity index is 1840. The summed E-state index contributed by atoms with van der Waals surface area (Å²) in [7, 11) is 0. The first-order chi connectivity index (χ1) is 24.3. The van der Waals surface area contributed by atoms with Crippen LogP contribution >= 0.6 is 12.4 Å². The molecule has 1 saturated heterocycles. The van der Waals surface area contributed by atoms with Gasteiger partial charge in [-0.05, 0) is 61.2 Å². The summed E-state index contributed by atoms with van der Waals surface area (Å²) in [6, 6.07) is 35.7. The molecule has 0 spiro atoms. The number of rotatable bonds is 11. The van der Waals surface area contributed by atoms with Gasteiger partial charge >= 0.3 is 0 Å². The molecule has 11 nitrogen and oxygen atoms in total. The monoisotopic (exact) mass is 709 g/mol. The first kappa shape index (κ1) is 36.9. The normalized spacial score (nSPS) is 17.0. The molecule has 2 aliphatic rings. The van der Waals surface area contributed by atoms with E-state index in [0.29, 0.717) is 34.9 Å². The Kier molecular flexibility index (Phi) is 12.0. The fourth-order valence-corrected chi connectivity index (χ4v) is 7.18. The molecular formula is C39H40ClN5O6. The number of dihydropyridines is 1. The molecule has 0 aliphatic carbocycles. The highest BCUT2D eigenvalue weighted by atomic mass is 35.5. The third-order valence-electron chi connectivity index (χ3n) is 9.78. The maximum absolute atomic E-state index is 14.2. The zero-order valence-corrected chi connectivity index (χ0v) is 28.7. The van der Waals surface area contributed by atoms with E-state index in [2.05, 4.69) is 58.7 Å². The van der Waals surface area contributed by atoms with E-state index in [0.717, 1.165) is 25.9 Å². The van der Waals surface area contributed by atoms with Crippen LogP contribution in [-0.2, 0) is 15.0 Å². The lowest BCUT2D eigenvalue weighted by Gasteiger charge is -2.43. The van der Waals surface area contributed by atoms with Crippen molar-refractivity contribution in [1.82, 2.24) is 20.8 Å². The maximum Gasteiger partial charge on any atom is 0.276 e. The van der Waals surface area contributed by atoms with Crippen LogP contribution in [0.5, 0.6) is 0 Å². The van der Waals surface area contributed by atoms with Gasteiger partial charge in [0.05, 0.1) is 16.2 Å². The fourth-order valence-electron chi connectivity index (χ4n) is 7.18. The molecule has 4 aromatic rings. The highest BCUT2D eigenvalue weighted by Crippen LogP contribution is 2.42. The number of piperidine rings is 1. The highest BCUT2D eigenvalue weighted by molar-refractivity contribution is 6.07. The van der Waals surface area contributed by atoms with Crippen LogP contribution < -0.4 is 10.8 Å². The number of hydrogen-bond donors (Lipinski definition) is 4. The summed E-state index contributed by atoms with van der Waals surface area (Å²) in [5.41, 5.74) is 5.41. The Morgan fingerprint density at radius 3 is 1.96 bits per heavy atom. The molecule has 12 heteroatoms. The summed E-state index contributed by atoms with van der Waals surface area (Å²) >= 11 is 0. The number of nitro benzene ring substituents is 1. The van der Waals surface area contributed by atoms with Crippen molar-refractivity contribution in [3.8, 4) is 0 Å². The van der Waals surface area contributed by atoms with Gasteiger partial charge in [-0.3, -0.25) is 30.1 Å². The van der Waals surface area contributed by atoms with Crippen molar-refractivity contribution >= 4 is 35.6 Å². The standard InChI is InChI=1S/C39H39N5O6.ClH/c45-37(41-47)33-27-40-36(29-11-4-1-5-12-29)35(34(33)28-17-19-32(20-18-28)44(49)50)38(46)43(48)24-10-23-42-25-21-39(22-26-42,30-13-6-2-7-14-30)31-15-8-3-9-16-31;/h1-9,11-20,27,34,40,47-48H,10,21-26H2,(H,41,45);1H. The van der Waals surface area contributed by atoms with Crippen molar-refractivity contribution in [2.24, 2.45) is 0 Å². The minimum absolute atomic E-state index is 0. The number of halogens is 1. The van der Waals surface area contributed by atoms with Gasteiger partial charge in [-0.1, -0.05) is 103 Å². The SMILES string of the molecule is Cl.O=C(NO)C1=CNC(c2ccccc2)=C(C(=O)N(O)CCCN2CCC(c3ccccc3)(c3ccccc3)CC2)C1c1ccc([N+](=O)[O-])cc1. The van der Waals surface area contributed by atoms with Crippen LogP contribution in [0.4, 0.5) is 5.69 Å². The van der Waals surface area contributed by atoms with Gasteiger partial charge in [-0.2, -0.15) is 0 Å². The van der Waals surface area contributed by atoms with Gasteiger partial charge in [0.2, 0.25) is 0 Å². The number of likely N-dealkylation sites (tertiary alicyclic amines) is 1. The Balaban J connectivity index is 0.00000504. The largest absolute Gasteiger partial charge is 0.360 e. The van der Waals surface area contributed by atoms with Gasteiger partial charge in [0.25, 0.3) is 17.5 Å². The first-order valence-corrected chi connectivity index (χ1v) is 16.6. The Labute approximate surface area is 302 Å². The molecule has 4 N–H and O–H groups in total. The molecule has 0 saturated carbocycles. The van der Waals surface area contributed by atoms with Crippen molar-refractivity contribution in [3.05, 3.63) is 165 Å². The molecule has 6 rings (SSSR count). The van der Waals surface area contributed by atoms with Crippen LogP contribution in [-0.4, -0.2) is 63.3 Å². The van der Waals surface area contributed by atoms with Crippen LogP contribution in [0, 0.1) is 10.1 Å². The smallest absolute Gasteiger partial charge is 0.276 e. The van der Waals surface area contributed by atoms with Crippen LogP contribution in [0.1, 0.15) is 47.4 Å². The average molecular weight is 710 g/mol. The number of nitrogens with one attached hydrogen (secondary N) is 2. The van der Waals surface area contributed by atoms with Crippen molar-refractivity contribution in [2.45, 2.75) is 30.6 Å². The molecule has 1 unspecified atom stereocenters. The van der Waals surface area contributed by atoms with E-state index in [1.54, 1.807) is 29.7 Å². The Morgan fingerprint density at radius 2 is 1.43 bits per heavy atom. The lowest BCUT2D eigenvalue weighted by Crippen LogP contribution is -2.44. The van der Waals surface area contributed by atoms with E-state index in [1.807, 2.05) is 18.2 Å². The summed E-state index contributed by atoms with van der Waals surface area (Å²) in [6.07, 6.45) is 3.75. The first-order valence-electron chi connectivity index (χ1n) is 16.6. The molecule has 2 amide bonds. The molecule has 2 heterocycles. The molecule has 0 aromatic heterocycles. The zero-order chi connectivity index (χ0) is 35.1. The predicted octanol–water partition coefficient (Wildman–Crippen LogP) is 6.19. The fraction of sp³-hybridized carbons (Fsp3) is 0.231. The highest BCUT2D eigenvalue weighted by Gasteiger charge is 2.39. The Morgan fingerprint density at radius 1 is 0.882 bits per heavy atom. The summed E-state index contributed by atoms with van der Waals surface area (Å²) in [4.78, 5) is 40.3. The van der Waals surface area contributed by atoms with Gasteiger partial charge < -0.3 is 10.2 Å². The molecule has 0 bridgehead atoms. The molecule has 2 aliphatic heterocycles. The molecule has 51 heavy (non-hydrogen) atoms. The second-order valence-electron chi connectivity index (χ2n) is 12.6. The summed E-state index contributed by atoms with van der Waals surface area (Å²) < 4.78 is 0. The molecule has 264 valence electrons. The third kappa shape index (κ3) is 7.87. The minimum Gasteiger partial charge on any atom is -0.360 e. The number of nitro groups is 1. The quantitative estimate of drug-likeness (QED) is 0.0819. The van der Waals surface area contributed by atoms with Gasteiger partial charge in [-0.15, -0.1) is 12.4 Å². The van der Waals surface area contributed by atoms with Crippen LogP contribution in [0.3, 0.4) is 0 Å². The minimum atomic E-state index is -1.06. The van der Waals surface area contributed by atoms with Gasteiger partial charge in [0, 0.05) is 41.8 Å². The van der Waals surface area contributed by atoms with Crippen molar-refractivity contribution in [1.29, 1.82) is 0 Å². The van der Waals surface area contributed by atoms with Crippen molar-refractivity contribution in [2.75, 3.05) is 26.2 Å². The summed E-state index contributed by atoms with van der Waals surface area (Å²) in [5.74, 6) is -2.66. The number of benzene rings is 4. The van der Waals surface area contributed by atoms with E-state index in [4.69, 9.17) is 0 Å². The van der Waals surface area contributed by atoms with E-state index in [9.17, 15) is 30.1 Å². The molecule has 4 aromatic carbocycles. The molecule has 1 atom stereocenters. The topological polar surface area (TPSA) is 148 Å². The molecule has 1 fully saturated rings. The van der Waals surface area contributed by atoms with Crippen molar-refractivity contribution < 1.29 is 24.9 Å². The van der Waals surface area contributed by atoms with Crippen LogP contribution in [0.2, 0.25) is 0 Å². The van der Waals surface area contributed by atoms with Crippen LogP contribution in [0.25, 0.3) is 5.70 Å². The lowest BCUT2D eigenvalue weighted by molar-refractivity contribution is -0.384. The van der Waals surface area contributed by atoms with Gasteiger partial charge in [0.1, 0.15) is 0 Å². The molecule has 0 radical (unpaired) electrons. The number of carbonyl (C=O) groups is 2. The van der Waals surface area contributed by atoms with Gasteiger partial charge in [-0.25, -0.2) is 10.5 Å². The Hall–Kier alpha value is -5.33. The lowest BCUT2D eigenvalue weighted by atomic mass is 9.68. The zero-order valence-electron chi connectivity index (χ0n) is 27.9. The number of hydroxylamine groups is 3. The number of carbonyl (C=O) groups excluding carboxylic acids is 2. The van der Waals surface area contributed by atoms with E-state index in [-0.39, 0.29) is 41.2 Å². The summed E-state index contributed by atoms with van der Waals surface area (Å²) in [6.45, 7) is 2.39.